The minimum atomic E-state index is -1.58. The van der Waals surface area contributed by atoms with Gasteiger partial charge in [0.1, 0.15) is 18.3 Å². The molecule has 1 aliphatic heterocycles. The van der Waals surface area contributed by atoms with Gasteiger partial charge in [-0.2, -0.15) is 0 Å². The summed E-state index contributed by atoms with van der Waals surface area (Å²) >= 11 is 0. The normalized spacial score (nSPS) is 54.5. The third kappa shape index (κ3) is 4.52. The fraction of sp³-hybridized carbons (Fsp3) is 0.914. The topological polar surface area (TPSA) is 177 Å². The number of carbonyl (C=O) groups excluding carboxylic acids is 1. The van der Waals surface area contributed by atoms with E-state index < -0.39 is 58.3 Å². The van der Waals surface area contributed by atoms with Crippen LogP contribution in [0, 0.1) is 50.2 Å². The van der Waals surface area contributed by atoms with Gasteiger partial charge >= 0.3 is 5.97 Å². The van der Waals surface area contributed by atoms with Gasteiger partial charge in [0.15, 0.2) is 0 Å². The second-order valence-corrected chi connectivity index (χ2v) is 17.0. The van der Waals surface area contributed by atoms with Crippen LogP contribution in [0.2, 0.25) is 0 Å². The third-order valence-electron chi connectivity index (χ3n) is 15.0. The van der Waals surface area contributed by atoms with Gasteiger partial charge in [-0.1, -0.05) is 39.3 Å². The Labute approximate surface area is 266 Å². The van der Waals surface area contributed by atoms with Crippen molar-refractivity contribution in [2.75, 3.05) is 26.4 Å². The van der Waals surface area contributed by atoms with E-state index in [1.807, 2.05) is 13.8 Å². The minimum absolute atomic E-state index is 0.0235. The average Bonchev–Trinajstić information content (AvgIpc) is 3.02. The van der Waals surface area contributed by atoms with E-state index in [1.54, 1.807) is 0 Å². The largest absolute Gasteiger partial charge is 0.432 e. The Hall–Kier alpha value is -1.11. The van der Waals surface area contributed by atoms with Gasteiger partial charge < -0.3 is 45.2 Å². The molecule has 0 aromatic heterocycles. The first-order valence-corrected chi connectivity index (χ1v) is 17.2. The lowest BCUT2D eigenvalue weighted by Gasteiger charge is -2.71. The van der Waals surface area contributed by atoms with Crippen molar-refractivity contribution in [3.63, 3.8) is 0 Å². The van der Waals surface area contributed by atoms with Gasteiger partial charge in [0.2, 0.25) is 6.29 Å². The van der Waals surface area contributed by atoms with Crippen molar-refractivity contribution in [2.45, 2.75) is 123 Å². The Morgan fingerprint density at radius 2 is 1.58 bits per heavy atom. The summed E-state index contributed by atoms with van der Waals surface area (Å²) in [5, 5.41) is 74.3. The molecule has 4 saturated carbocycles. The Morgan fingerprint density at radius 3 is 2.24 bits per heavy atom. The van der Waals surface area contributed by atoms with Crippen LogP contribution in [0.5, 0.6) is 0 Å². The third-order valence-corrected chi connectivity index (χ3v) is 15.0. The Balaban J connectivity index is 1.39. The zero-order valence-corrected chi connectivity index (χ0v) is 27.5. The lowest BCUT2D eigenvalue weighted by Crippen LogP contribution is -2.67. The van der Waals surface area contributed by atoms with E-state index in [4.69, 9.17) is 9.47 Å². The van der Waals surface area contributed by atoms with E-state index in [0.29, 0.717) is 38.5 Å². The zero-order valence-electron chi connectivity index (χ0n) is 27.5. The first-order chi connectivity index (χ1) is 21.1. The highest BCUT2D eigenvalue weighted by molar-refractivity contribution is 5.79. The maximum absolute atomic E-state index is 14.3. The number of aliphatic hydroxyl groups excluding tert-OH is 7. The molecule has 0 bridgehead atoms. The molecule has 1 saturated heterocycles. The summed E-state index contributed by atoms with van der Waals surface area (Å²) in [6, 6.07) is 0. The molecule has 14 atom stereocenters. The summed E-state index contributed by atoms with van der Waals surface area (Å²) in [5.41, 5.74) is -1.89. The molecule has 256 valence electrons. The number of ether oxygens (including phenoxy) is 2. The van der Waals surface area contributed by atoms with Gasteiger partial charge in [0.05, 0.1) is 31.3 Å². The number of fused-ring (bicyclic) bond motifs is 7. The lowest BCUT2D eigenvalue weighted by atomic mass is 9.33. The predicted octanol–water partition coefficient (Wildman–Crippen LogP) is 2.05. The molecule has 0 aromatic carbocycles. The van der Waals surface area contributed by atoms with Crippen LogP contribution in [0.3, 0.4) is 0 Å². The standard InChI is InChI=1S/C35H56O10/c1-30(17-36)11-12-34(29(43)45-28-27(42)26(41)22(39)16-44-28)13-14-35(19-38)20(21(34)15-30)5-6-24-31(2)9-8-25(40)32(3,18-37)23(31)7-10-33(24,35)4/h5,21-28,36-42H,6-19H2,1-4H3. The van der Waals surface area contributed by atoms with Crippen molar-refractivity contribution in [3.8, 4) is 0 Å². The average molecular weight is 637 g/mol. The molecule has 10 heteroatoms. The Morgan fingerprint density at radius 1 is 0.867 bits per heavy atom. The summed E-state index contributed by atoms with van der Waals surface area (Å²) in [4.78, 5) is 14.3. The van der Waals surface area contributed by atoms with Crippen LogP contribution < -0.4 is 0 Å². The Kier molecular flexibility index (Phi) is 8.42. The van der Waals surface area contributed by atoms with E-state index in [1.165, 1.54) is 0 Å². The highest BCUT2D eigenvalue weighted by Crippen LogP contribution is 2.75. The van der Waals surface area contributed by atoms with Crippen molar-refractivity contribution in [1.29, 1.82) is 0 Å². The van der Waals surface area contributed by atoms with Crippen molar-refractivity contribution in [2.24, 2.45) is 50.2 Å². The quantitative estimate of drug-likeness (QED) is 0.175. The second-order valence-electron chi connectivity index (χ2n) is 17.0. The van der Waals surface area contributed by atoms with Crippen molar-refractivity contribution in [3.05, 3.63) is 11.6 Å². The number of hydrogen-bond donors (Lipinski definition) is 7. The van der Waals surface area contributed by atoms with Gasteiger partial charge in [-0.25, -0.2) is 0 Å². The molecule has 5 fully saturated rings. The summed E-state index contributed by atoms with van der Waals surface area (Å²) in [6.07, 6.45) is 2.60. The van der Waals surface area contributed by atoms with Crippen molar-refractivity contribution in [1.82, 2.24) is 0 Å². The van der Waals surface area contributed by atoms with Gasteiger partial charge in [-0.15, -0.1) is 0 Å². The number of esters is 1. The molecule has 14 unspecified atom stereocenters. The number of aliphatic hydroxyl groups is 7. The minimum Gasteiger partial charge on any atom is -0.432 e. The van der Waals surface area contributed by atoms with Crippen LogP contribution in [0.15, 0.2) is 11.6 Å². The van der Waals surface area contributed by atoms with E-state index in [0.717, 1.165) is 31.3 Å². The van der Waals surface area contributed by atoms with Crippen molar-refractivity contribution < 1.29 is 50.0 Å². The molecular weight excluding hydrogens is 580 g/mol. The van der Waals surface area contributed by atoms with Gasteiger partial charge in [-0.05, 0) is 98.2 Å². The fourth-order valence-corrected chi connectivity index (χ4v) is 11.9. The van der Waals surface area contributed by atoms with E-state index in [2.05, 4.69) is 19.9 Å². The van der Waals surface area contributed by atoms with E-state index in [9.17, 15) is 40.5 Å². The molecule has 1 heterocycles. The summed E-state index contributed by atoms with van der Waals surface area (Å²) < 4.78 is 11.3. The molecule has 45 heavy (non-hydrogen) atoms. The van der Waals surface area contributed by atoms with Gasteiger partial charge in [-0.3, -0.25) is 4.79 Å². The highest BCUT2D eigenvalue weighted by atomic mass is 16.7. The predicted molar refractivity (Wildman–Crippen MR) is 163 cm³/mol. The van der Waals surface area contributed by atoms with Crippen LogP contribution in [-0.2, 0) is 14.3 Å². The van der Waals surface area contributed by atoms with Crippen LogP contribution in [0.25, 0.3) is 0 Å². The first kappa shape index (κ1) is 33.8. The summed E-state index contributed by atoms with van der Waals surface area (Å²) in [5.74, 6) is -0.449. The van der Waals surface area contributed by atoms with Crippen LogP contribution in [-0.4, -0.2) is 98.8 Å². The monoisotopic (exact) mass is 636 g/mol. The highest BCUT2D eigenvalue weighted by Gasteiger charge is 2.71. The Bertz CT molecular complexity index is 1190. The second kappa shape index (κ2) is 11.2. The molecular formula is C35H56O10. The maximum atomic E-state index is 14.3. The smallest absolute Gasteiger partial charge is 0.315 e. The molecule has 7 N–H and O–H groups in total. The van der Waals surface area contributed by atoms with E-state index >= 15 is 0 Å². The van der Waals surface area contributed by atoms with Crippen LogP contribution in [0.4, 0.5) is 0 Å². The van der Waals surface area contributed by atoms with Gasteiger partial charge in [0, 0.05) is 17.4 Å². The fourth-order valence-electron chi connectivity index (χ4n) is 11.9. The van der Waals surface area contributed by atoms with Crippen LogP contribution in [0.1, 0.15) is 91.9 Å². The summed E-state index contributed by atoms with van der Waals surface area (Å²) in [6.45, 7) is 8.32. The molecule has 5 aliphatic carbocycles. The van der Waals surface area contributed by atoms with Crippen molar-refractivity contribution >= 4 is 5.97 Å². The molecule has 6 rings (SSSR count). The first-order valence-electron chi connectivity index (χ1n) is 17.2. The molecule has 10 nitrogen and oxygen atoms in total. The molecule has 0 spiro atoms. The maximum Gasteiger partial charge on any atom is 0.315 e. The lowest BCUT2D eigenvalue weighted by molar-refractivity contribution is -0.271. The number of hydrogen-bond acceptors (Lipinski definition) is 10. The molecule has 0 amide bonds. The number of rotatable bonds is 5. The molecule has 6 aliphatic rings. The number of allylic oxidation sites excluding steroid dienone is 1. The number of carbonyl (C=O) groups is 1. The van der Waals surface area contributed by atoms with E-state index in [-0.39, 0.29) is 55.0 Å². The zero-order chi connectivity index (χ0) is 32.8. The van der Waals surface area contributed by atoms with Gasteiger partial charge in [0.25, 0.3) is 0 Å². The molecule has 0 radical (unpaired) electrons. The SMILES string of the molecule is CC1(CO)CCC2(C(=O)OC3OCC(O)C(O)C3O)CCC3(CO)C(=CCC4C5(C)CCC(O)C(C)(CO)C5CCC43C)C2C1. The van der Waals surface area contributed by atoms with Crippen LogP contribution >= 0.6 is 0 Å². The summed E-state index contributed by atoms with van der Waals surface area (Å²) in [7, 11) is 0. The molecule has 0 aromatic rings.